The second-order valence-electron chi connectivity index (χ2n) is 6.29. The molecule has 1 aromatic rings. The fourth-order valence-electron chi connectivity index (χ4n) is 2.81. The quantitative estimate of drug-likeness (QED) is 0.806. The second-order valence-corrected chi connectivity index (χ2v) is 7.45. The first kappa shape index (κ1) is 15.9. The molecular weight excluding hydrogens is 264 g/mol. The maximum atomic E-state index is 3.70. The van der Waals surface area contributed by atoms with E-state index in [1.54, 1.807) is 0 Å². The predicted octanol–water partition coefficient (Wildman–Crippen LogP) is 3.63. The molecular formula is C17H28N2S. The Hall–Kier alpha value is -0.510. The van der Waals surface area contributed by atoms with Gasteiger partial charge in [-0.2, -0.15) is 0 Å². The van der Waals surface area contributed by atoms with E-state index < -0.39 is 0 Å². The Kier molecular flexibility index (Phi) is 5.94. The number of nitrogens with one attached hydrogen (secondary N) is 1. The van der Waals surface area contributed by atoms with E-state index >= 15 is 0 Å². The number of hydrogen-bond donors (Lipinski definition) is 1. The van der Waals surface area contributed by atoms with Gasteiger partial charge in [0.15, 0.2) is 0 Å². The van der Waals surface area contributed by atoms with E-state index in [0.717, 1.165) is 6.54 Å². The first-order valence-electron chi connectivity index (χ1n) is 7.78. The van der Waals surface area contributed by atoms with Gasteiger partial charge >= 0.3 is 0 Å². The highest BCUT2D eigenvalue weighted by Crippen LogP contribution is 2.23. The van der Waals surface area contributed by atoms with E-state index in [-0.39, 0.29) is 5.54 Å². The number of piperazine rings is 1. The zero-order valence-electron chi connectivity index (χ0n) is 13.1. The molecule has 0 amide bonds. The summed E-state index contributed by atoms with van der Waals surface area (Å²) < 4.78 is 0. The lowest BCUT2D eigenvalue weighted by atomic mass is 9.96. The molecule has 0 saturated carbocycles. The predicted molar refractivity (Wildman–Crippen MR) is 89.5 cm³/mol. The van der Waals surface area contributed by atoms with Crippen LogP contribution in [-0.4, -0.2) is 41.9 Å². The summed E-state index contributed by atoms with van der Waals surface area (Å²) in [4.78, 5) is 4.05. The highest BCUT2D eigenvalue weighted by molar-refractivity contribution is 7.99. The van der Waals surface area contributed by atoms with Crippen molar-refractivity contribution in [1.29, 1.82) is 0 Å². The van der Waals surface area contributed by atoms with Crippen LogP contribution in [0.5, 0.6) is 0 Å². The van der Waals surface area contributed by atoms with Gasteiger partial charge in [0.25, 0.3) is 0 Å². The van der Waals surface area contributed by atoms with Crippen LogP contribution in [0.4, 0.5) is 0 Å². The van der Waals surface area contributed by atoms with Gasteiger partial charge in [0.1, 0.15) is 0 Å². The van der Waals surface area contributed by atoms with Gasteiger partial charge in [0, 0.05) is 41.9 Å². The van der Waals surface area contributed by atoms with Gasteiger partial charge in [0.05, 0.1) is 0 Å². The molecule has 0 radical (unpaired) electrons. The molecule has 2 rings (SSSR count). The molecule has 2 nitrogen and oxygen atoms in total. The molecule has 0 aromatic heterocycles. The molecule has 1 saturated heterocycles. The van der Waals surface area contributed by atoms with Gasteiger partial charge in [-0.15, -0.1) is 11.8 Å². The minimum absolute atomic E-state index is 0.279. The summed E-state index contributed by atoms with van der Waals surface area (Å²) in [6.45, 7) is 10.5. The van der Waals surface area contributed by atoms with Crippen LogP contribution >= 0.6 is 11.8 Å². The lowest BCUT2D eigenvalue weighted by molar-refractivity contribution is 0.0706. The zero-order valence-corrected chi connectivity index (χ0v) is 13.9. The van der Waals surface area contributed by atoms with Crippen molar-refractivity contribution in [3.8, 4) is 0 Å². The fraction of sp³-hybridized carbons (Fsp3) is 0.647. The molecule has 112 valence electrons. The van der Waals surface area contributed by atoms with E-state index in [2.05, 4.69) is 61.3 Å². The van der Waals surface area contributed by atoms with Crippen LogP contribution in [0.2, 0.25) is 0 Å². The van der Waals surface area contributed by atoms with E-state index in [1.807, 2.05) is 11.8 Å². The Labute approximate surface area is 128 Å². The average molecular weight is 292 g/mol. The summed E-state index contributed by atoms with van der Waals surface area (Å²) in [6, 6.07) is 11.4. The molecule has 1 heterocycles. The molecule has 1 aromatic carbocycles. The Balaban J connectivity index is 1.82. The van der Waals surface area contributed by atoms with Gasteiger partial charge in [0.2, 0.25) is 0 Å². The molecule has 20 heavy (non-hydrogen) atoms. The summed E-state index contributed by atoms with van der Waals surface area (Å²) in [6.07, 6.45) is 2.56. The summed E-state index contributed by atoms with van der Waals surface area (Å²) in [5.74, 6) is 1.17. The third-order valence-corrected chi connectivity index (χ3v) is 5.12. The summed E-state index contributed by atoms with van der Waals surface area (Å²) >= 11 is 1.97. The van der Waals surface area contributed by atoms with Crippen LogP contribution in [-0.2, 0) is 0 Å². The second kappa shape index (κ2) is 7.48. The molecule has 1 aliphatic heterocycles. The van der Waals surface area contributed by atoms with E-state index in [0.29, 0.717) is 6.04 Å². The molecule has 1 atom stereocenters. The highest BCUT2D eigenvalue weighted by Gasteiger charge is 2.32. The molecule has 1 unspecified atom stereocenters. The number of hydrogen-bond acceptors (Lipinski definition) is 3. The standard InChI is InChI=1S/C17H28N2S/c1-4-8-15-13-19(17(2,3)14-18-15)11-12-20-16-9-6-5-7-10-16/h5-7,9-10,15,18H,4,8,11-14H2,1-3H3. The molecule has 1 aliphatic rings. The Morgan fingerprint density at radius 3 is 2.75 bits per heavy atom. The third-order valence-electron chi connectivity index (χ3n) is 4.13. The highest BCUT2D eigenvalue weighted by atomic mass is 32.2. The van der Waals surface area contributed by atoms with Crippen molar-refractivity contribution in [2.24, 2.45) is 0 Å². The number of nitrogens with zero attached hydrogens (tertiary/aromatic N) is 1. The monoisotopic (exact) mass is 292 g/mol. The first-order chi connectivity index (χ1) is 9.62. The Morgan fingerprint density at radius 1 is 1.30 bits per heavy atom. The molecule has 3 heteroatoms. The topological polar surface area (TPSA) is 15.3 Å². The summed E-state index contributed by atoms with van der Waals surface area (Å²) in [5.41, 5.74) is 0.279. The molecule has 1 N–H and O–H groups in total. The van der Waals surface area contributed by atoms with Crippen molar-refractivity contribution >= 4 is 11.8 Å². The number of benzene rings is 1. The maximum absolute atomic E-state index is 3.70. The van der Waals surface area contributed by atoms with Gasteiger partial charge < -0.3 is 5.32 Å². The lowest BCUT2D eigenvalue weighted by Gasteiger charge is -2.46. The molecule has 0 bridgehead atoms. The van der Waals surface area contributed by atoms with Crippen molar-refractivity contribution in [2.45, 2.75) is 50.1 Å². The van der Waals surface area contributed by atoms with Crippen LogP contribution in [0.1, 0.15) is 33.6 Å². The Bertz CT molecular complexity index is 391. The van der Waals surface area contributed by atoms with Crippen molar-refractivity contribution < 1.29 is 0 Å². The van der Waals surface area contributed by atoms with Crippen LogP contribution in [0, 0.1) is 0 Å². The van der Waals surface area contributed by atoms with Gasteiger partial charge in [-0.1, -0.05) is 31.5 Å². The molecule has 0 aliphatic carbocycles. The van der Waals surface area contributed by atoms with Crippen LogP contribution < -0.4 is 5.32 Å². The van der Waals surface area contributed by atoms with Crippen molar-refractivity contribution in [2.75, 3.05) is 25.4 Å². The molecule has 1 fully saturated rings. The molecule has 0 spiro atoms. The Morgan fingerprint density at radius 2 is 2.05 bits per heavy atom. The SMILES string of the molecule is CCCC1CN(CCSc2ccccc2)C(C)(C)CN1. The van der Waals surface area contributed by atoms with Crippen molar-refractivity contribution in [3.63, 3.8) is 0 Å². The fourth-order valence-corrected chi connectivity index (χ4v) is 3.71. The maximum Gasteiger partial charge on any atom is 0.0278 e. The first-order valence-corrected chi connectivity index (χ1v) is 8.76. The number of rotatable bonds is 6. The lowest BCUT2D eigenvalue weighted by Crippen LogP contribution is -2.62. The van der Waals surface area contributed by atoms with E-state index in [4.69, 9.17) is 0 Å². The summed E-state index contributed by atoms with van der Waals surface area (Å²) in [5, 5.41) is 3.70. The van der Waals surface area contributed by atoms with Crippen molar-refractivity contribution in [3.05, 3.63) is 30.3 Å². The minimum atomic E-state index is 0.279. The smallest absolute Gasteiger partial charge is 0.0278 e. The average Bonchev–Trinajstić information content (AvgIpc) is 2.44. The minimum Gasteiger partial charge on any atom is -0.311 e. The van der Waals surface area contributed by atoms with Crippen molar-refractivity contribution in [1.82, 2.24) is 10.2 Å². The van der Waals surface area contributed by atoms with Crippen LogP contribution in [0.3, 0.4) is 0 Å². The normalized spacial score (nSPS) is 22.9. The van der Waals surface area contributed by atoms with E-state index in [1.165, 1.54) is 36.6 Å². The largest absolute Gasteiger partial charge is 0.311 e. The zero-order chi connectivity index (χ0) is 14.4. The van der Waals surface area contributed by atoms with E-state index in [9.17, 15) is 0 Å². The third kappa shape index (κ3) is 4.51. The number of thioether (sulfide) groups is 1. The van der Waals surface area contributed by atoms with Crippen LogP contribution in [0.25, 0.3) is 0 Å². The van der Waals surface area contributed by atoms with Gasteiger partial charge in [-0.05, 0) is 32.4 Å². The summed E-state index contributed by atoms with van der Waals surface area (Å²) in [7, 11) is 0. The van der Waals surface area contributed by atoms with Crippen LogP contribution in [0.15, 0.2) is 35.2 Å². The van der Waals surface area contributed by atoms with Gasteiger partial charge in [-0.25, -0.2) is 0 Å². The van der Waals surface area contributed by atoms with Gasteiger partial charge in [-0.3, -0.25) is 4.90 Å².